The minimum Gasteiger partial charge on any atom is -0.373 e. The zero-order valence-electron chi connectivity index (χ0n) is 19.6. The SMILES string of the molecule is CC1=CC2CC1C1C(=O)N(Cc3cccc(CN4C(=O)C5C6C=C(C)C(C6)C5C4O)c3)C(=O)C21. The predicted octanol–water partition coefficient (Wildman–Crippen LogP) is 2.87. The fourth-order valence-electron chi connectivity index (χ4n) is 8.39. The highest BCUT2D eigenvalue weighted by molar-refractivity contribution is 6.06. The molecule has 0 spiro atoms. The standard InChI is InChI=1S/C28H30N2O4/c1-13-6-17-9-19(13)23-21(17)25(31)29(27(23)33)11-15-4-3-5-16(8-15)12-30-26(32)22-18-7-14(2)20(10-18)24(22)28(30)34/h3-8,17-24,27,33H,9-12H2,1-2H3. The number of allylic oxidation sites excluding steroid dienone is 4. The maximum atomic E-state index is 13.2. The lowest BCUT2D eigenvalue weighted by Gasteiger charge is -2.27. The van der Waals surface area contributed by atoms with E-state index in [4.69, 9.17) is 0 Å². The van der Waals surface area contributed by atoms with Crippen molar-refractivity contribution in [2.75, 3.05) is 0 Å². The van der Waals surface area contributed by atoms with Crippen LogP contribution in [0.3, 0.4) is 0 Å². The van der Waals surface area contributed by atoms with Gasteiger partial charge in [0.1, 0.15) is 6.23 Å². The Morgan fingerprint density at radius 3 is 2.21 bits per heavy atom. The Balaban J connectivity index is 1.08. The molecule has 6 heteroatoms. The first-order valence-corrected chi connectivity index (χ1v) is 12.6. The van der Waals surface area contributed by atoms with Crippen LogP contribution < -0.4 is 0 Å². The summed E-state index contributed by atoms with van der Waals surface area (Å²) in [5.74, 6) is 0.509. The molecule has 0 radical (unpaired) electrons. The normalized spacial score (nSPS) is 41.5. The number of benzene rings is 1. The lowest BCUT2D eigenvalue weighted by Crippen LogP contribution is -2.36. The van der Waals surface area contributed by atoms with Crippen molar-refractivity contribution in [3.05, 3.63) is 58.7 Å². The van der Waals surface area contributed by atoms with Crippen LogP contribution in [0.4, 0.5) is 0 Å². The Labute approximate surface area is 199 Å². The zero-order chi connectivity index (χ0) is 23.5. The second kappa shape index (κ2) is 6.91. The number of hydrogen-bond acceptors (Lipinski definition) is 4. The first-order valence-electron chi connectivity index (χ1n) is 12.6. The van der Waals surface area contributed by atoms with Crippen molar-refractivity contribution in [3.8, 4) is 0 Å². The van der Waals surface area contributed by atoms with Crippen LogP contribution in [0.15, 0.2) is 47.6 Å². The van der Waals surface area contributed by atoms with Gasteiger partial charge >= 0.3 is 0 Å². The van der Waals surface area contributed by atoms with E-state index in [0.29, 0.717) is 12.5 Å². The van der Waals surface area contributed by atoms with E-state index >= 15 is 0 Å². The summed E-state index contributed by atoms with van der Waals surface area (Å²) in [5, 5.41) is 11.0. The van der Waals surface area contributed by atoms with E-state index in [9.17, 15) is 19.5 Å². The maximum absolute atomic E-state index is 13.2. The topological polar surface area (TPSA) is 77.9 Å². The van der Waals surface area contributed by atoms with E-state index in [1.165, 1.54) is 16.0 Å². The fourth-order valence-corrected chi connectivity index (χ4v) is 8.39. The molecule has 4 aliphatic carbocycles. The number of aliphatic hydroxyl groups excluding tert-OH is 1. The molecule has 1 aromatic rings. The second-order valence-electron chi connectivity index (χ2n) is 11.5. The summed E-state index contributed by atoms with van der Waals surface area (Å²) in [6, 6.07) is 7.76. The van der Waals surface area contributed by atoms with Crippen LogP contribution in [0.5, 0.6) is 0 Å². The average molecular weight is 459 g/mol. The third kappa shape index (κ3) is 2.58. The van der Waals surface area contributed by atoms with Crippen molar-refractivity contribution in [1.82, 2.24) is 9.80 Å². The molecular weight excluding hydrogens is 428 g/mol. The van der Waals surface area contributed by atoms with Gasteiger partial charge in [0.25, 0.3) is 0 Å². The lowest BCUT2D eigenvalue weighted by atomic mass is 9.81. The number of fused-ring (bicyclic) bond motifs is 10. The minimum atomic E-state index is -0.757. The predicted molar refractivity (Wildman–Crippen MR) is 123 cm³/mol. The number of imide groups is 1. The second-order valence-corrected chi connectivity index (χ2v) is 11.5. The minimum absolute atomic E-state index is 0.00243. The Morgan fingerprint density at radius 2 is 1.44 bits per heavy atom. The molecule has 9 atom stereocenters. The average Bonchev–Trinajstić information content (AvgIpc) is 3.62. The molecule has 1 N–H and O–H groups in total. The van der Waals surface area contributed by atoms with E-state index < -0.39 is 6.23 Å². The van der Waals surface area contributed by atoms with Gasteiger partial charge in [-0.3, -0.25) is 19.3 Å². The number of nitrogens with zero attached hydrogens (tertiary/aromatic N) is 2. The molecule has 34 heavy (non-hydrogen) atoms. The molecule has 7 rings (SSSR count). The summed E-state index contributed by atoms with van der Waals surface area (Å²) in [6.07, 6.45) is 5.59. The molecule has 2 saturated heterocycles. The molecule has 2 heterocycles. The van der Waals surface area contributed by atoms with Gasteiger partial charge in [0, 0.05) is 12.5 Å². The maximum Gasteiger partial charge on any atom is 0.234 e. The molecule has 6 nitrogen and oxygen atoms in total. The highest BCUT2D eigenvalue weighted by Crippen LogP contribution is 2.57. The molecule has 4 bridgehead atoms. The van der Waals surface area contributed by atoms with E-state index in [1.807, 2.05) is 24.3 Å². The van der Waals surface area contributed by atoms with Crippen molar-refractivity contribution in [1.29, 1.82) is 0 Å². The highest BCUT2D eigenvalue weighted by Gasteiger charge is 2.61. The summed E-state index contributed by atoms with van der Waals surface area (Å²) in [7, 11) is 0. The number of carbonyl (C=O) groups excluding carboxylic acids is 3. The van der Waals surface area contributed by atoms with Crippen LogP contribution in [-0.2, 0) is 27.5 Å². The number of rotatable bonds is 4. The summed E-state index contributed by atoms with van der Waals surface area (Å²) >= 11 is 0. The number of aliphatic hydroxyl groups is 1. The highest BCUT2D eigenvalue weighted by atomic mass is 16.3. The van der Waals surface area contributed by atoms with E-state index in [2.05, 4.69) is 26.0 Å². The monoisotopic (exact) mass is 458 g/mol. The molecule has 1 aromatic carbocycles. The number of carbonyl (C=O) groups is 3. The van der Waals surface area contributed by atoms with Gasteiger partial charge in [-0.1, -0.05) is 47.6 Å². The van der Waals surface area contributed by atoms with Crippen LogP contribution in [0.1, 0.15) is 37.8 Å². The van der Waals surface area contributed by atoms with Crippen molar-refractivity contribution < 1.29 is 19.5 Å². The smallest absolute Gasteiger partial charge is 0.234 e. The zero-order valence-corrected chi connectivity index (χ0v) is 19.6. The number of hydrogen-bond donors (Lipinski definition) is 1. The van der Waals surface area contributed by atoms with Crippen molar-refractivity contribution in [2.45, 2.75) is 46.0 Å². The molecular formula is C28H30N2O4. The van der Waals surface area contributed by atoms with E-state index in [0.717, 1.165) is 24.0 Å². The Hall–Kier alpha value is -2.73. The molecule has 3 amide bonds. The number of likely N-dealkylation sites (tertiary alicyclic amines) is 2. The Bertz CT molecular complexity index is 1200. The first-order chi connectivity index (χ1) is 16.3. The van der Waals surface area contributed by atoms with Crippen LogP contribution in [0.2, 0.25) is 0 Å². The van der Waals surface area contributed by atoms with Crippen molar-refractivity contribution in [3.63, 3.8) is 0 Å². The first kappa shape index (κ1) is 20.6. The largest absolute Gasteiger partial charge is 0.373 e. The summed E-state index contributed by atoms with van der Waals surface area (Å²) in [6.45, 7) is 4.81. The molecule has 2 saturated carbocycles. The van der Waals surface area contributed by atoms with Crippen LogP contribution in [0.25, 0.3) is 0 Å². The van der Waals surface area contributed by atoms with Crippen LogP contribution >= 0.6 is 0 Å². The van der Waals surface area contributed by atoms with Gasteiger partial charge in [0.2, 0.25) is 17.7 Å². The van der Waals surface area contributed by atoms with Gasteiger partial charge in [0.05, 0.1) is 24.3 Å². The Kier molecular flexibility index (Phi) is 4.19. The van der Waals surface area contributed by atoms with E-state index in [1.54, 1.807) is 4.90 Å². The van der Waals surface area contributed by atoms with Gasteiger partial charge in [-0.15, -0.1) is 0 Å². The molecule has 6 aliphatic rings. The van der Waals surface area contributed by atoms with Gasteiger partial charge in [0.15, 0.2) is 0 Å². The van der Waals surface area contributed by atoms with Crippen LogP contribution in [-0.4, -0.2) is 38.9 Å². The van der Waals surface area contributed by atoms with Crippen molar-refractivity contribution >= 4 is 17.7 Å². The summed E-state index contributed by atoms with van der Waals surface area (Å²) < 4.78 is 0. The summed E-state index contributed by atoms with van der Waals surface area (Å²) in [4.78, 5) is 42.6. The Morgan fingerprint density at radius 1 is 0.824 bits per heavy atom. The van der Waals surface area contributed by atoms with Crippen LogP contribution in [0, 0.1) is 47.3 Å². The molecule has 4 fully saturated rings. The third-order valence-corrected chi connectivity index (χ3v) is 9.82. The summed E-state index contributed by atoms with van der Waals surface area (Å²) in [5.41, 5.74) is 4.37. The molecule has 176 valence electrons. The molecule has 9 unspecified atom stereocenters. The molecule has 2 aliphatic heterocycles. The van der Waals surface area contributed by atoms with E-state index in [-0.39, 0.29) is 65.7 Å². The fraction of sp³-hybridized carbons (Fsp3) is 0.536. The van der Waals surface area contributed by atoms with Crippen molar-refractivity contribution in [2.24, 2.45) is 47.3 Å². The van der Waals surface area contributed by atoms with Gasteiger partial charge < -0.3 is 10.0 Å². The van der Waals surface area contributed by atoms with Gasteiger partial charge in [-0.2, -0.15) is 0 Å². The lowest BCUT2D eigenvalue weighted by molar-refractivity contribution is -0.141. The van der Waals surface area contributed by atoms with Gasteiger partial charge in [-0.05, 0) is 61.5 Å². The quantitative estimate of drug-likeness (QED) is 0.556. The third-order valence-electron chi connectivity index (χ3n) is 9.82. The molecule has 0 aromatic heterocycles. The number of amides is 3. The van der Waals surface area contributed by atoms with Gasteiger partial charge in [-0.25, -0.2) is 0 Å².